The Balaban J connectivity index is 1.67. The zero-order valence-corrected chi connectivity index (χ0v) is 19.9. The Morgan fingerprint density at radius 2 is 1.90 bits per heavy atom. The van der Waals surface area contributed by atoms with Gasteiger partial charge in [0.2, 0.25) is 0 Å². The molecule has 4 aliphatic carbocycles. The van der Waals surface area contributed by atoms with Crippen LogP contribution in [0.2, 0.25) is 0 Å². The monoisotopic (exact) mass is 479 g/mol. The summed E-state index contributed by atoms with van der Waals surface area (Å²) in [6.45, 7) is 5.44. The molecule has 0 saturated heterocycles. The fraction of sp³-hybridized carbons (Fsp3) is 0.875. The largest absolute Gasteiger partial charge is 0.463 e. The molecular weight excluding hydrogens is 446 g/mol. The highest BCUT2D eigenvalue weighted by molar-refractivity contribution is 9.10. The quantitative estimate of drug-likeness (QED) is 0.473. The molecule has 0 radical (unpaired) electrons. The minimum atomic E-state index is -0.531. The predicted octanol–water partition coefficient (Wildman–Crippen LogP) is 4.55. The van der Waals surface area contributed by atoms with Crippen LogP contribution in [0.25, 0.3) is 0 Å². The highest BCUT2D eigenvalue weighted by atomic mass is 79.9. The van der Waals surface area contributed by atoms with Crippen LogP contribution < -0.4 is 0 Å². The Hall–Kier alpha value is -0.930. The Bertz CT molecular complexity index is 780. The first-order valence-corrected chi connectivity index (χ1v) is 12.3. The number of carbonyl (C=O) groups excluding carboxylic acids is 2. The third-order valence-electron chi connectivity index (χ3n) is 9.69. The number of ether oxygens (including phenoxy) is 1. The molecule has 4 rings (SSSR count). The molecule has 30 heavy (non-hydrogen) atoms. The number of halogens is 1. The van der Waals surface area contributed by atoms with Crippen LogP contribution in [0.1, 0.15) is 78.6 Å². The molecule has 0 aliphatic heterocycles. The van der Waals surface area contributed by atoms with E-state index in [-0.39, 0.29) is 34.6 Å². The number of nitriles is 1. The highest BCUT2D eigenvalue weighted by Crippen LogP contribution is 2.71. The average Bonchev–Trinajstić information content (AvgIpc) is 3.04. The van der Waals surface area contributed by atoms with Crippen LogP contribution in [-0.4, -0.2) is 33.4 Å². The maximum atomic E-state index is 12.5. The summed E-state index contributed by atoms with van der Waals surface area (Å²) < 4.78 is 5.07. The van der Waals surface area contributed by atoms with Crippen LogP contribution in [-0.2, 0) is 14.3 Å². The lowest BCUT2D eigenvalue weighted by Crippen LogP contribution is -2.66. The summed E-state index contributed by atoms with van der Waals surface area (Å²) >= 11 is 3.99. The number of Topliss-reactive ketones (excluding diaryl/α,β-unsaturated/α-hetero) is 1. The van der Waals surface area contributed by atoms with Crippen molar-refractivity contribution in [1.29, 1.82) is 5.26 Å². The number of hydrogen-bond donors (Lipinski definition) is 1. The summed E-state index contributed by atoms with van der Waals surface area (Å²) in [5, 5.41) is 21.0. The molecule has 4 aliphatic rings. The van der Waals surface area contributed by atoms with E-state index in [1.54, 1.807) is 6.92 Å². The lowest BCUT2D eigenvalue weighted by Gasteiger charge is -2.65. The molecule has 0 bridgehead atoms. The number of ketones is 1. The van der Waals surface area contributed by atoms with Crippen LogP contribution in [0.3, 0.4) is 0 Å². The zero-order valence-electron chi connectivity index (χ0n) is 18.3. The molecule has 0 aromatic heterocycles. The van der Waals surface area contributed by atoms with E-state index < -0.39 is 10.4 Å². The summed E-state index contributed by atoms with van der Waals surface area (Å²) in [6.07, 6.45) is 6.62. The third kappa shape index (κ3) is 3.02. The molecule has 166 valence electrons. The smallest absolute Gasteiger partial charge is 0.302 e. The van der Waals surface area contributed by atoms with E-state index in [4.69, 9.17) is 4.74 Å². The second-order valence-corrected chi connectivity index (χ2v) is 12.1. The molecule has 5 nitrogen and oxygen atoms in total. The van der Waals surface area contributed by atoms with E-state index in [9.17, 15) is 20.0 Å². The predicted molar refractivity (Wildman–Crippen MR) is 116 cm³/mol. The van der Waals surface area contributed by atoms with Crippen LogP contribution in [0.4, 0.5) is 0 Å². The molecule has 6 heteroatoms. The number of alkyl halides is 1. The van der Waals surface area contributed by atoms with Gasteiger partial charge in [0, 0.05) is 25.7 Å². The van der Waals surface area contributed by atoms with Crippen molar-refractivity contribution in [3.8, 4) is 6.07 Å². The van der Waals surface area contributed by atoms with Gasteiger partial charge in [-0.05, 0) is 80.5 Å². The van der Waals surface area contributed by atoms with Gasteiger partial charge >= 0.3 is 5.97 Å². The lowest BCUT2D eigenvalue weighted by atomic mass is 9.43. The minimum absolute atomic E-state index is 0.0107. The molecule has 0 heterocycles. The van der Waals surface area contributed by atoms with Crippen molar-refractivity contribution >= 4 is 27.7 Å². The van der Waals surface area contributed by atoms with Gasteiger partial charge in [-0.25, -0.2) is 0 Å². The first-order chi connectivity index (χ1) is 14.1. The molecule has 1 N–H and O–H groups in total. The average molecular weight is 480 g/mol. The summed E-state index contributed by atoms with van der Waals surface area (Å²) in [6, 6.07) is 2.42. The number of hydrogen-bond acceptors (Lipinski definition) is 5. The molecular formula is C24H34BrNO4. The molecule has 0 spiro atoms. The van der Waals surface area contributed by atoms with Crippen LogP contribution >= 0.6 is 15.9 Å². The number of nitrogens with zero attached hydrogens (tertiary/aromatic N) is 1. The second-order valence-electron chi connectivity index (χ2n) is 10.7. The SMILES string of the molecule is CC(=O)O[C@H]1CC[C@]2(C)[C@H]3CC[C@]4(CC#N)[C@@H](C(C)=O)CC[C@H]4[C@@H]3C[C@@H](O)[C@@]2(Br)C1. The fourth-order valence-corrected chi connectivity index (χ4v) is 9.48. The van der Waals surface area contributed by atoms with Gasteiger partial charge in [0.05, 0.1) is 16.5 Å². The van der Waals surface area contributed by atoms with Gasteiger partial charge in [0.15, 0.2) is 0 Å². The number of carbonyl (C=O) groups is 2. The van der Waals surface area contributed by atoms with E-state index >= 15 is 0 Å². The maximum absolute atomic E-state index is 12.5. The second kappa shape index (κ2) is 7.59. The standard InChI is InChI=1S/C24H34BrNO4/c1-14(27)18-4-5-20-17-12-21(29)24(25)13-16(30-15(2)28)6-8-22(24,3)19(17)7-9-23(18,20)10-11-26/h16-21,29H,4-10,12-13H2,1-3H3/t16-,17+,18+,19-,20-,21+,22+,23-,24-/m0/s1. The number of rotatable bonds is 3. The summed E-state index contributed by atoms with van der Waals surface area (Å²) in [4.78, 5) is 24.0. The van der Waals surface area contributed by atoms with Crippen molar-refractivity contribution in [2.45, 2.75) is 95.1 Å². The Labute approximate surface area is 188 Å². The first-order valence-electron chi connectivity index (χ1n) is 11.5. The van der Waals surface area contributed by atoms with E-state index in [1.807, 2.05) is 0 Å². The topological polar surface area (TPSA) is 87.4 Å². The van der Waals surface area contributed by atoms with E-state index in [2.05, 4.69) is 28.9 Å². The van der Waals surface area contributed by atoms with E-state index in [1.165, 1.54) is 6.92 Å². The van der Waals surface area contributed by atoms with Crippen LogP contribution in [0, 0.1) is 45.8 Å². The van der Waals surface area contributed by atoms with Crippen molar-refractivity contribution < 1.29 is 19.4 Å². The van der Waals surface area contributed by atoms with Crippen molar-refractivity contribution in [3.63, 3.8) is 0 Å². The number of aliphatic hydroxyl groups is 1. The summed E-state index contributed by atoms with van der Waals surface area (Å²) in [7, 11) is 0. The summed E-state index contributed by atoms with van der Waals surface area (Å²) in [5.41, 5.74) is -0.307. The van der Waals surface area contributed by atoms with Crippen molar-refractivity contribution in [2.24, 2.45) is 34.5 Å². The Morgan fingerprint density at radius 3 is 2.53 bits per heavy atom. The highest BCUT2D eigenvalue weighted by Gasteiger charge is 2.68. The van der Waals surface area contributed by atoms with Crippen molar-refractivity contribution in [1.82, 2.24) is 0 Å². The van der Waals surface area contributed by atoms with Gasteiger partial charge in [0.25, 0.3) is 0 Å². The van der Waals surface area contributed by atoms with Crippen LogP contribution in [0.5, 0.6) is 0 Å². The number of aliphatic hydroxyl groups excluding tert-OH is 1. The van der Waals surface area contributed by atoms with Crippen LogP contribution in [0.15, 0.2) is 0 Å². The fourth-order valence-electron chi connectivity index (χ4n) is 8.44. The Kier molecular flexibility index (Phi) is 5.63. The molecule has 0 aromatic rings. The van der Waals surface area contributed by atoms with Gasteiger partial charge in [-0.2, -0.15) is 5.26 Å². The van der Waals surface area contributed by atoms with Gasteiger partial charge < -0.3 is 9.84 Å². The Morgan fingerprint density at radius 1 is 1.17 bits per heavy atom. The zero-order chi connectivity index (χ0) is 21.9. The van der Waals surface area contributed by atoms with Gasteiger partial charge in [-0.3, -0.25) is 9.59 Å². The molecule has 0 aromatic carbocycles. The maximum Gasteiger partial charge on any atom is 0.302 e. The van der Waals surface area contributed by atoms with E-state index in [0.29, 0.717) is 37.0 Å². The normalized spacial score (nSPS) is 49.9. The molecule has 0 amide bonds. The van der Waals surface area contributed by atoms with Gasteiger partial charge in [-0.15, -0.1) is 0 Å². The van der Waals surface area contributed by atoms with Crippen molar-refractivity contribution in [2.75, 3.05) is 0 Å². The molecule has 4 saturated carbocycles. The summed E-state index contributed by atoms with van der Waals surface area (Å²) in [5.74, 6) is 1.07. The number of esters is 1. The van der Waals surface area contributed by atoms with Gasteiger partial charge in [0.1, 0.15) is 11.9 Å². The number of fused-ring (bicyclic) bond motifs is 5. The van der Waals surface area contributed by atoms with Gasteiger partial charge in [-0.1, -0.05) is 22.9 Å². The molecule has 4 fully saturated rings. The first kappa shape index (κ1) is 22.3. The molecule has 9 atom stereocenters. The van der Waals surface area contributed by atoms with Crippen molar-refractivity contribution in [3.05, 3.63) is 0 Å². The third-order valence-corrected chi connectivity index (χ3v) is 11.4. The lowest BCUT2D eigenvalue weighted by molar-refractivity contribution is -0.171. The molecule has 0 unspecified atom stereocenters. The minimum Gasteiger partial charge on any atom is -0.463 e. The van der Waals surface area contributed by atoms with E-state index in [0.717, 1.165) is 38.5 Å².